The average molecular weight is 309 g/mol. The van der Waals surface area contributed by atoms with Crippen LogP contribution in [-0.4, -0.2) is 40.5 Å². The van der Waals surface area contributed by atoms with Crippen molar-refractivity contribution in [3.8, 4) is 0 Å². The number of fused-ring (bicyclic) bond motifs is 1. The fourth-order valence-corrected chi connectivity index (χ4v) is 3.08. The molecule has 2 atom stereocenters. The minimum absolute atomic E-state index is 0.243. The molecule has 0 saturated heterocycles. The molecular weight excluding hydrogens is 290 g/mol. The van der Waals surface area contributed by atoms with Crippen molar-refractivity contribution in [2.45, 2.75) is 25.4 Å². The molecule has 0 heterocycles. The average Bonchev–Trinajstić information content (AvgIpc) is 2.51. The lowest BCUT2D eigenvalue weighted by Crippen LogP contribution is -2.48. The first-order valence-corrected chi connectivity index (χ1v) is 7.48. The van der Waals surface area contributed by atoms with Gasteiger partial charge in [0.2, 0.25) is 5.91 Å². The Morgan fingerprint density at radius 1 is 1.33 bits per heavy atom. The molecule has 5 nitrogen and oxygen atoms in total. The van der Waals surface area contributed by atoms with E-state index in [9.17, 15) is 14.7 Å². The number of hydrogen-bond acceptors (Lipinski definition) is 4. The summed E-state index contributed by atoms with van der Waals surface area (Å²) in [7, 11) is 0. The SMILES string of the molecule is O=C(O)C(O)CNC(=O)C1(CS)CCc2ccccc2C1. The molecule has 0 saturated carbocycles. The molecule has 21 heavy (non-hydrogen) atoms. The number of thiol groups is 1. The van der Waals surface area contributed by atoms with Gasteiger partial charge in [0.25, 0.3) is 0 Å². The first-order valence-electron chi connectivity index (χ1n) is 6.85. The Hall–Kier alpha value is -1.53. The fraction of sp³-hybridized carbons (Fsp3) is 0.467. The topological polar surface area (TPSA) is 86.6 Å². The molecule has 114 valence electrons. The molecule has 6 heteroatoms. The first-order chi connectivity index (χ1) is 9.98. The molecule has 1 aliphatic rings. The third-order valence-electron chi connectivity index (χ3n) is 4.05. The van der Waals surface area contributed by atoms with E-state index >= 15 is 0 Å². The maximum absolute atomic E-state index is 12.4. The monoisotopic (exact) mass is 309 g/mol. The van der Waals surface area contributed by atoms with Gasteiger partial charge in [-0.1, -0.05) is 24.3 Å². The van der Waals surface area contributed by atoms with Crippen LogP contribution in [0.1, 0.15) is 17.5 Å². The molecule has 0 fully saturated rings. The molecule has 0 bridgehead atoms. The minimum Gasteiger partial charge on any atom is -0.479 e. The summed E-state index contributed by atoms with van der Waals surface area (Å²) >= 11 is 4.33. The van der Waals surface area contributed by atoms with Crippen molar-refractivity contribution < 1.29 is 19.8 Å². The van der Waals surface area contributed by atoms with Crippen molar-refractivity contribution in [1.29, 1.82) is 0 Å². The second-order valence-corrected chi connectivity index (χ2v) is 5.76. The fourth-order valence-electron chi connectivity index (χ4n) is 2.67. The number of hydrogen-bond donors (Lipinski definition) is 4. The molecule has 2 unspecified atom stereocenters. The van der Waals surface area contributed by atoms with Gasteiger partial charge in [0.05, 0.1) is 12.0 Å². The van der Waals surface area contributed by atoms with E-state index in [0.29, 0.717) is 18.6 Å². The van der Waals surface area contributed by atoms with Crippen LogP contribution in [0, 0.1) is 5.41 Å². The van der Waals surface area contributed by atoms with Crippen LogP contribution in [0.3, 0.4) is 0 Å². The van der Waals surface area contributed by atoms with E-state index in [4.69, 9.17) is 5.11 Å². The Morgan fingerprint density at radius 2 is 2.00 bits per heavy atom. The third kappa shape index (κ3) is 3.39. The highest BCUT2D eigenvalue weighted by molar-refractivity contribution is 7.80. The van der Waals surface area contributed by atoms with Crippen molar-refractivity contribution in [3.63, 3.8) is 0 Å². The van der Waals surface area contributed by atoms with Crippen molar-refractivity contribution in [2.75, 3.05) is 12.3 Å². The van der Waals surface area contributed by atoms with E-state index in [-0.39, 0.29) is 12.5 Å². The Bertz CT molecular complexity index is 548. The number of carboxylic acid groups (broad SMARTS) is 1. The Kier molecular flexibility index (Phi) is 4.90. The van der Waals surface area contributed by atoms with Crippen LogP contribution in [0.5, 0.6) is 0 Å². The quantitative estimate of drug-likeness (QED) is 0.602. The van der Waals surface area contributed by atoms with Gasteiger partial charge in [-0.05, 0) is 30.4 Å². The normalized spacial score (nSPS) is 22.2. The molecule has 1 amide bonds. The molecule has 1 aliphatic carbocycles. The Labute approximate surface area is 128 Å². The van der Waals surface area contributed by atoms with Crippen LogP contribution < -0.4 is 5.32 Å². The number of carbonyl (C=O) groups is 2. The zero-order chi connectivity index (χ0) is 15.5. The predicted molar refractivity (Wildman–Crippen MR) is 81.4 cm³/mol. The number of benzene rings is 1. The zero-order valence-electron chi connectivity index (χ0n) is 11.6. The highest BCUT2D eigenvalue weighted by Crippen LogP contribution is 2.36. The van der Waals surface area contributed by atoms with Gasteiger partial charge in [-0.25, -0.2) is 4.79 Å². The molecule has 0 spiro atoms. The van der Waals surface area contributed by atoms with Gasteiger partial charge in [-0.15, -0.1) is 0 Å². The van der Waals surface area contributed by atoms with E-state index in [1.807, 2.05) is 18.2 Å². The van der Waals surface area contributed by atoms with E-state index in [1.165, 1.54) is 5.56 Å². The summed E-state index contributed by atoms with van der Waals surface area (Å²) in [6.45, 7) is -0.286. The highest BCUT2D eigenvalue weighted by atomic mass is 32.1. The summed E-state index contributed by atoms with van der Waals surface area (Å²) in [5, 5.41) is 20.4. The van der Waals surface area contributed by atoms with Gasteiger partial charge in [0.1, 0.15) is 0 Å². The number of aliphatic hydroxyl groups excluding tert-OH is 1. The smallest absolute Gasteiger partial charge is 0.334 e. The second-order valence-electron chi connectivity index (χ2n) is 5.45. The highest BCUT2D eigenvalue weighted by Gasteiger charge is 2.40. The Morgan fingerprint density at radius 3 is 2.62 bits per heavy atom. The van der Waals surface area contributed by atoms with Crippen molar-refractivity contribution in [2.24, 2.45) is 5.41 Å². The number of amides is 1. The van der Waals surface area contributed by atoms with E-state index < -0.39 is 17.5 Å². The molecular formula is C15H19NO4S. The zero-order valence-corrected chi connectivity index (χ0v) is 12.5. The Balaban J connectivity index is 2.09. The van der Waals surface area contributed by atoms with Crippen LogP contribution in [0.25, 0.3) is 0 Å². The van der Waals surface area contributed by atoms with Crippen LogP contribution in [0.15, 0.2) is 24.3 Å². The van der Waals surface area contributed by atoms with Gasteiger partial charge in [0, 0.05) is 5.75 Å². The molecule has 1 aromatic rings. The number of rotatable bonds is 5. The summed E-state index contributed by atoms with van der Waals surface area (Å²) in [5.41, 5.74) is 1.73. The van der Waals surface area contributed by atoms with Gasteiger partial charge in [0.15, 0.2) is 6.10 Å². The van der Waals surface area contributed by atoms with Crippen molar-refractivity contribution in [3.05, 3.63) is 35.4 Å². The van der Waals surface area contributed by atoms with Gasteiger partial charge in [-0.3, -0.25) is 4.79 Å². The van der Waals surface area contributed by atoms with Gasteiger partial charge < -0.3 is 15.5 Å². The van der Waals surface area contributed by atoms with Crippen LogP contribution in [0.2, 0.25) is 0 Å². The lowest BCUT2D eigenvalue weighted by molar-refractivity contribution is -0.146. The predicted octanol–water partition coefficient (Wildman–Crippen LogP) is 0.653. The maximum Gasteiger partial charge on any atom is 0.334 e. The number of carboxylic acids is 1. The van der Waals surface area contributed by atoms with Crippen LogP contribution in [-0.2, 0) is 22.4 Å². The van der Waals surface area contributed by atoms with Gasteiger partial charge in [-0.2, -0.15) is 12.6 Å². The standard InChI is InChI=1S/C15H19NO4S/c17-12(13(18)19)8-16-14(20)15(9-21)6-5-10-3-1-2-4-11(10)7-15/h1-4,12,17,21H,5-9H2,(H,16,20)(H,18,19). The lowest BCUT2D eigenvalue weighted by Gasteiger charge is -2.35. The van der Waals surface area contributed by atoms with E-state index in [1.54, 1.807) is 0 Å². The van der Waals surface area contributed by atoms with Crippen molar-refractivity contribution in [1.82, 2.24) is 5.32 Å². The third-order valence-corrected chi connectivity index (χ3v) is 4.65. The summed E-state index contributed by atoms with van der Waals surface area (Å²) in [4.78, 5) is 23.0. The van der Waals surface area contributed by atoms with E-state index in [2.05, 4.69) is 24.0 Å². The lowest BCUT2D eigenvalue weighted by atomic mass is 9.72. The minimum atomic E-state index is -1.58. The number of carbonyl (C=O) groups excluding carboxylic acids is 1. The largest absolute Gasteiger partial charge is 0.479 e. The molecule has 1 aromatic carbocycles. The molecule has 0 radical (unpaired) electrons. The summed E-state index contributed by atoms with van der Waals surface area (Å²) in [6, 6.07) is 7.99. The number of aliphatic hydroxyl groups is 1. The molecule has 3 N–H and O–H groups in total. The molecule has 0 aromatic heterocycles. The van der Waals surface area contributed by atoms with Gasteiger partial charge >= 0.3 is 5.97 Å². The van der Waals surface area contributed by atoms with E-state index in [0.717, 1.165) is 12.0 Å². The number of aliphatic carboxylic acids is 1. The summed E-state index contributed by atoms with van der Waals surface area (Å²) < 4.78 is 0. The molecule has 0 aliphatic heterocycles. The first kappa shape index (κ1) is 15.9. The van der Waals surface area contributed by atoms with Crippen molar-refractivity contribution >= 4 is 24.5 Å². The van der Waals surface area contributed by atoms with Crippen LogP contribution >= 0.6 is 12.6 Å². The number of aryl methyl sites for hydroxylation is 1. The maximum atomic E-state index is 12.4. The second kappa shape index (κ2) is 6.49. The summed E-state index contributed by atoms with van der Waals surface area (Å²) in [6.07, 6.45) is 0.470. The summed E-state index contributed by atoms with van der Waals surface area (Å²) in [5.74, 6) is -1.20. The van der Waals surface area contributed by atoms with Crippen LogP contribution in [0.4, 0.5) is 0 Å². The number of nitrogens with one attached hydrogen (secondary N) is 1. The molecule has 2 rings (SSSR count).